The first kappa shape index (κ1) is 83.1. The van der Waals surface area contributed by atoms with Crippen LogP contribution in [0.1, 0.15) is 431 Å². The van der Waals surface area contributed by atoms with Gasteiger partial charge in [0.25, 0.3) is 0 Å². The molecule has 0 aliphatic carbocycles. The SMILES string of the molecule is CCCCCCC/C=C\CCCCCCCC(=O)OCCCCCCCCCCCCCCC/C=C\C/C=C\CCCCCCCCCCCCCCCCCCCC(=O)NC(CO)C(O)CCCCCCCCCCCCCCCCCCC. The second-order valence-corrected chi connectivity index (χ2v) is 26.7. The first-order chi connectivity index (χ1) is 42.0. The molecule has 0 aliphatic rings. The molecule has 6 heteroatoms. The lowest BCUT2D eigenvalue weighted by atomic mass is 10.0. The summed E-state index contributed by atoms with van der Waals surface area (Å²) in [6.07, 6.45) is 96.6. The van der Waals surface area contributed by atoms with Gasteiger partial charge in [0.15, 0.2) is 0 Å². The Morgan fingerprint density at radius 1 is 0.329 bits per heavy atom. The highest BCUT2D eigenvalue weighted by Gasteiger charge is 2.20. The van der Waals surface area contributed by atoms with Crippen molar-refractivity contribution in [2.45, 2.75) is 443 Å². The van der Waals surface area contributed by atoms with Crippen LogP contribution in [0, 0.1) is 0 Å². The highest BCUT2D eigenvalue weighted by atomic mass is 16.5. The van der Waals surface area contributed by atoms with Crippen LogP contribution in [0.25, 0.3) is 0 Å². The Hall–Kier alpha value is -1.92. The number of carbonyl (C=O) groups excluding carboxylic acids is 2. The van der Waals surface area contributed by atoms with Crippen molar-refractivity contribution in [3.8, 4) is 0 Å². The molecule has 502 valence electrons. The summed E-state index contributed by atoms with van der Waals surface area (Å²) in [5.41, 5.74) is 0. The van der Waals surface area contributed by atoms with Gasteiger partial charge < -0.3 is 20.3 Å². The summed E-state index contributed by atoms with van der Waals surface area (Å²) in [5, 5.41) is 23.4. The van der Waals surface area contributed by atoms with Gasteiger partial charge in [0.05, 0.1) is 25.4 Å². The van der Waals surface area contributed by atoms with E-state index in [1.165, 1.54) is 347 Å². The van der Waals surface area contributed by atoms with E-state index in [2.05, 4.69) is 55.6 Å². The number of carbonyl (C=O) groups is 2. The third-order valence-corrected chi connectivity index (χ3v) is 18.2. The molecule has 2 atom stereocenters. The van der Waals surface area contributed by atoms with Gasteiger partial charge in [0, 0.05) is 12.8 Å². The van der Waals surface area contributed by atoms with E-state index >= 15 is 0 Å². The molecule has 0 radical (unpaired) electrons. The molecule has 0 bridgehead atoms. The molecule has 0 spiro atoms. The summed E-state index contributed by atoms with van der Waals surface area (Å²) in [5.74, 6) is -0.0177. The Morgan fingerprint density at radius 3 is 0.906 bits per heavy atom. The van der Waals surface area contributed by atoms with Gasteiger partial charge >= 0.3 is 5.97 Å². The van der Waals surface area contributed by atoms with Gasteiger partial charge in [-0.3, -0.25) is 9.59 Å². The maximum Gasteiger partial charge on any atom is 0.305 e. The average molecular weight is 1200 g/mol. The second-order valence-electron chi connectivity index (χ2n) is 26.7. The third-order valence-electron chi connectivity index (χ3n) is 18.2. The lowest BCUT2D eigenvalue weighted by Crippen LogP contribution is -2.45. The van der Waals surface area contributed by atoms with Crippen LogP contribution in [-0.2, 0) is 14.3 Å². The third kappa shape index (κ3) is 71.0. The smallest absolute Gasteiger partial charge is 0.305 e. The Balaban J connectivity index is 3.36. The maximum absolute atomic E-state index is 12.5. The van der Waals surface area contributed by atoms with Crippen LogP contribution >= 0.6 is 0 Å². The number of nitrogens with one attached hydrogen (secondary N) is 1. The highest BCUT2D eigenvalue weighted by Crippen LogP contribution is 2.19. The molecular formula is C79H151NO5. The van der Waals surface area contributed by atoms with E-state index in [1.807, 2.05) is 0 Å². The predicted molar refractivity (Wildman–Crippen MR) is 375 cm³/mol. The Labute approximate surface area is 532 Å². The van der Waals surface area contributed by atoms with Gasteiger partial charge in [0.2, 0.25) is 5.91 Å². The molecule has 1 amide bonds. The molecule has 3 N–H and O–H groups in total. The summed E-state index contributed by atoms with van der Waals surface area (Å²) in [4.78, 5) is 24.6. The number of rotatable bonds is 73. The fraction of sp³-hybridized carbons (Fsp3) is 0.899. The van der Waals surface area contributed by atoms with Gasteiger partial charge in [-0.15, -0.1) is 0 Å². The molecule has 0 aromatic carbocycles. The first-order valence-corrected chi connectivity index (χ1v) is 38.7. The second kappa shape index (κ2) is 74.5. The molecule has 85 heavy (non-hydrogen) atoms. The summed E-state index contributed by atoms with van der Waals surface area (Å²) in [6.45, 7) is 4.98. The number of aliphatic hydroxyl groups excluding tert-OH is 2. The molecule has 6 nitrogen and oxygen atoms in total. The summed E-state index contributed by atoms with van der Waals surface area (Å²) in [7, 11) is 0. The molecule has 0 rings (SSSR count). The minimum atomic E-state index is -0.663. The van der Waals surface area contributed by atoms with Crippen molar-refractivity contribution in [1.29, 1.82) is 0 Å². The first-order valence-electron chi connectivity index (χ1n) is 38.7. The van der Waals surface area contributed by atoms with E-state index < -0.39 is 12.1 Å². The zero-order valence-electron chi connectivity index (χ0n) is 57.6. The molecular weight excluding hydrogens is 1040 g/mol. The van der Waals surface area contributed by atoms with Crippen LogP contribution in [0.15, 0.2) is 36.5 Å². The van der Waals surface area contributed by atoms with Crippen LogP contribution < -0.4 is 5.32 Å². The van der Waals surface area contributed by atoms with Crippen molar-refractivity contribution in [2.75, 3.05) is 13.2 Å². The lowest BCUT2D eigenvalue weighted by Gasteiger charge is -2.22. The van der Waals surface area contributed by atoms with Crippen molar-refractivity contribution in [3.63, 3.8) is 0 Å². The van der Waals surface area contributed by atoms with Crippen LogP contribution in [-0.4, -0.2) is 47.4 Å². The lowest BCUT2D eigenvalue weighted by molar-refractivity contribution is -0.143. The van der Waals surface area contributed by atoms with Gasteiger partial charge in [0.1, 0.15) is 0 Å². The normalized spacial score (nSPS) is 12.7. The van der Waals surface area contributed by atoms with Crippen LogP contribution in [0.5, 0.6) is 0 Å². The molecule has 0 fully saturated rings. The van der Waals surface area contributed by atoms with E-state index in [4.69, 9.17) is 4.74 Å². The number of unbranched alkanes of at least 4 members (excludes halogenated alkanes) is 56. The van der Waals surface area contributed by atoms with Crippen LogP contribution in [0.4, 0.5) is 0 Å². The number of amides is 1. The van der Waals surface area contributed by atoms with Gasteiger partial charge in [-0.1, -0.05) is 371 Å². The molecule has 0 aliphatic heterocycles. The number of hydrogen-bond donors (Lipinski definition) is 3. The molecule has 0 saturated heterocycles. The quantitative estimate of drug-likeness (QED) is 0.0320. The summed E-state index contributed by atoms with van der Waals surface area (Å²) >= 11 is 0. The van der Waals surface area contributed by atoms with Gasteiger partial charge in [-0.25, -0.2) is 0 Å². The van der Waals surface area contributed by atoms with E-state index in [0.29, 0.717) is 25.9 Å². The van der Waals surface area contributed by atoms with Crippen molar-refractivity contribution in [2.24, 2.45) is 0 Å². The zero-order chi connectivity index (χ0) is 61.3. The van der Waals surface area contributed by atoms with Gasteiger partial charge in [-0.2, -0.15) is 0 Å². The monoisotopic (exact) mass is 1190 g/mol. The van der Waals surface area contributed by atoms with E-state index in [9.17, 15) is 19.8 Å². The van der Waals surface area contributed by atoms with E-state index in [-0.39, 0.29) is 18.5 Å². The minimum absolute atomic E-state index is 0.0107. The number of hydrogen-bond acceptors (Lipinski definition) is 5. The fourth-order valence-corrected chi connectivity index (χ4v) is 12.3. The van der Waals surface area contributed by atoms with Gasteiger partial charge in [-0.05, 0) is 83.5 Å². The van der Waals surface area contributed by atoms with Crippen LogP contribution in [0.3, 0.4) is 0 Å². The molecule has 2 unspecified atom stereocenters. The zero-order valence-corrected chi connectivity index (χ0v) is 57.6. The standard InChI is InChI=1S/C79H151NO5/c1-3-5-7-9-11-13-15-17-19-41-44-47-51-55-59-63-67-71-77(82)76(75-81)80-78(83)72-68-64-60-56-52-48-45-42-39-37-35-33-31-29-27-25-23-21-20-22-24-26-28-30-32-34-36-38-40-43-46-50-54-58-62-66-70-74-85-79(84)73-69-65-61-57-53-49-18-16-14-12-10-8-6-4-2/h16,18,20,22,26,28,76-77,81-82H,3-15,17,19,21,23-25,27,29-75H2,1-2H3,(H,80,83)/b18-16-,22-20-,28-26-. The Kier molecular flexibility index (Phi) is 72.9. The number of allylic oxidation sites excluding steroid dienone is 6. The highest BCUT2D eigenvalue weighted by molar-refractivity contribution is 5.76. The Morgan fingerprint density at radius 2 is 0.588 bits per heavy atom. The van der Waals surface area contributed by atoms with Crippen molar-refractivity contribution in [1.82, 2.24) is 5.32 Å². The largest absolute Gasteiger partial charge is 0.466 e. The van der Waals surface area contributed by atoms with Crippen molar-refractivity contribution in [3.05, 3.63) is 36.5 Å². The molecule has 0 aromatic heterocycles. The Bertz CT molecular complexity index is 1380. The van der Waals surface area contributed by atoms with Crippen molar-refractivity contribution < 1.29 is 24.5 Å². The topological polar surface area (TPSA) is 95.9 Å². The number of aliphatic hydroxyl groups is 2. The van der Waals surface area contributed by atoms with E-state index in [1.54, 1.807) is 0 Å². The number of esters is 1. The fourth-order valence-electron chi connectivity index (χ4n) is 12.3. The number of ether oxygens (including phenoxy) is 1. The molecule has 0 aromatic rings. The predicted octanol–water partition coefficient (Wildman–Crippen LogP) is 25.4. The van der Waals surface area contributed by atoms with E-state index in [0.717, 1.165) is 51.4 Å². The summed E-state index contributed by atoms with van der Waals surface area (Å²) in [6, 6.07) is -0.540. The molecule has 0 saturated carbocycles. The summed E-state index contributed by atoms with van der Waals surface area (Å²) < 4.78 is 5.49. The average Bonchev–Trinajstić information content (AvgIpc) is 3.50. The van der Waals surface area contributed by atoms with Crippen molar-refractivity contribution >= 4 is 11.9 Å². The van der Waals surface area contributed by atoms with Crippen LogP contribution in [0.2, 0.25) is 0 Å². The molecule has 0 heterocycles. The minimum Gasteiger partial charge on any atom is -0.466 e. The maximum atomic E-state index is 12.5.